The van der Waals surface area contributed by atoms with E-state index >= 15 is 0 Å². The Morgan fingerprint density at radius 1 is 1.33 bits per heavy atom. The summed E-state index contributed by atoms with van der Waals surface area (Å²) >= 11 is 12.0. The molecule has 0 amide bonds. The molecule has 3 nitrogen and oxygen atoms in total. The molecule has 0 saturated carbocycles. The number of hydrogen-bond acceptors (Lipinski definition) is 2. The summed E-state index contributed by atoms with van der Waals surface area (Å²) in [5.74, 6) is 0.186. The fraction of sp³-hybridized carbons (Fsp3) is 0.562. The molecule has 1 aromatic carbocycles. The summed E-state index contributed by atoms with van der Waals surface area (Å²) in [4.78, 5) is 12.2. The SMILES string of the molecule is CC(C)(OC(=O)Cc1ccc(Cl)cc1Cl)C1CC[NH2+]CC1. The van der Waals surface area contributed by atoms with E-state index in [-0.39, 0.29) is 12.4 Å². The molecule has 1 heterocycles. The average molecular weight is 331 g/mol. The minimum Gasteiger partial charge on any atom is -0.459 e. The second-order valence-corrected chi connectivity index (χ2v) is 6.97. The molecule has 2 N–H and O–H groups in total. The van der Waals surface area contributed by atoms with Crippen LogP contribution >= 0.6 is 23.2 Å². The van der Waals surface area contributed by atoms with Crippen molar-refractivity contribution in [2.75, 3.05) is 13.1 Å². The zero-order valence-corrected chi connectivity index (χ0v) is 14.0. The molecule has 0 aliphatic carbocycles. The second-order valence-electron chi connectivity index (χ2n) is 6.13. The van der Waals surface area contributed by atoms with E-state index in [1.54, 1.807) is 18.2 Å². The number of quaternary nitrogens is 1. The minimum absolute atomic E-state index is 0.179. The maximum Gasteiger partial charge on any atom is 0.310 e. The van der Waals surface area contributed by atoms with Gasteiger partial charge < -0.3 is 10.1 Å². The van der Waals surface area contributed by atoms with Crippen LogP contribution in [0.3, 0.4) is 0 Å². The van der Waals surface area contributed by atoms with Crippen molar-refractivity contribution in [2.45, 2.75) is 38.7 Å². The molecule has 1 aliphatic heterocycles. The molecule has 5 heteroatoms. The first-order valence-electron chi connectivity index (χ1n) is 7.36. The van der Waals surface area contributed by atoms with Crippen LogP contribution in [0.4, 0.5) is 0 Å². The molecular weight excluding hydrogens is 309 g/mol. The van der Waals surface area contributed by atoms with Gasteiger partial charge in [-0.2, -0.15) is 0 Å². The van der Waals surface area contributed by atoms with Crippen LogP contribution in [0.25, 0.3) is 0 Å². The van der Waals surface area contributed by atoms with Gasteiger partial charge in [-0.25, -0.2) is 0 Å². The lowest BCUT2D eigenvalue weighted by Gasteiger charge is -2.35. The highest BCUT2D eigenvalue weighted by atomic mass is 35.5. The molecule has 0 spiro atoms. The summed E-state index contributed by atoms with van der Waals surface area (Å²) < 4.78 is 5.72. The Hall–Kier alpha value is -0.770. The van der Waals surface area contributed by atoms with Crippen LogP contribution in [0.5, 0.6) is 0 Å². The van der Waals surface area contributed by atoms with Gasteiger partial charge in [-0.3, -0.25) is 4.79 Å². The number of benzene rings is 1. The van der Waals surface area contributed by atoms with Gasteiger partial charge in [0, 0.05) is 28.8 Å². The van der Waals surface area contributed by atoms with Gasteiger partial charge in [0.15, 0.2) is 0 Å². The predicted octanol–water partition coefficient (Wildman–Crippen LogP) is 2.83. The minimum atomic E-state index is -0.426. The number of piperidine rings is 1. The Morgan fingerprint density at radius 2 is 2.00 bits per heavy atom. The van der Waals surface area contributed by atoms with E-state index in [0.29, 0.717) is 16.0 Å². The molecule has 0 aromatic heterocycles. The number of rotatable bonds is 4. The van der Waals surface area contributed by atoms with Crippen molar-refractivity contribution < 1.29 is 14.8 Å². The second kappa shape index (κ2) is 6.99. The van der Waals surface area contributed by atoms with Crippen molar-refractivity contribution >= 4 is 29.2 Å². The van der Waals surface area contributed by atoms with E-state index in [1.165, 1.54) is 0 Å². The Kier molecular flexibility index (Phi) is 5.53. The average Bonchev–Trinajstić information content (AvgIpc) is 2.42. The molecule has 1 aromatic rings. The van der Waals surface area contributed by atoms with E-state index in [1.807, 2.05) is 13.8 Å². The highest BCUT2D eigenvalue weighted by Gasteiger charge is 2.35. The van der Waals surface area contributed by atoms with Crippen molar-refractivity contribution in [3.63, 3.8) is 0 Å². The third kappa shape index (κ3) is 4.60. The van der Waals surface area contributed by atoms with E-state index < -0.39 is 5.60 Å². The Morgan fingerprint density at radius 3 is 2.62 bits per heavy atom. The first kappa shape index (κ1) is 16.6. The predicted molar refractivity (Wildman–Crippen MR) is 84.7 cm³/mol. The van der Waals surface area contributed by atoms with Crippen LogP contribution in [0.2, 0.25) is 10.0 Å². The molecule has 1 aliphatic rings. The third-order valence-electron chi connectivity index (χ3n) is 4.15. The summed E-state index contributed by atoms with van der Waals surface area (Å²) in [6, 6.07) is 5.15. The number of esters is 1. The van der Waals surface area contributed by atoms with Gasteiger partial charge in [-0.15, -0.1) is 0 Å². The first-order chi connectivity index (χ1) is 9.88. The van der Waals surface area contributed by atoms with Crippen molar-refractivity contribution in [2.24, 2.45) is 5.92 Å². The molecule has 1 saturated heterocycles. The maximum absolute atomic E-state index is 12.2. The van der Waals surface area contributed by atoms with Crippen LogP contribution in [0.1, 0.15) is 32.3 Å². The van der Waals surface area contributed by atoms with Crippen molar-refractivity contribution in [1.82, 2.24) is 0 Å². The molecule has 0 bridgehead atoms. The van der Waals surface area contributed by atoms with E-state index in [9.17, 15) is 4.79 Å². The highest BCUT2D eigenvalue weighted by molar-refractivity contribution is 6.35. The summed E-state index contributed by atoms with van der Waals surface area (Å²) in [6.07, 6.45) is 2.35. The number of carbonyl (C=O) groups is 1. The smallest absolute Gasteiger partial charge is 0.310 e. The van der Waals surface area contributed by atoms with Gasteiger partial charge in [0.2, 0.25) is 0 Å². The standard InChI is InChI=1S/C16H21Cl2NO2/c1-16(2,12-5-7-19-8-6-12)21-15(20)9-11-3-4-13(17)10-14(11)18/h3-4,10,12,19H,5-9H2,1-2H3/p+1. The highest BCUT2D eigenvalue weighted by Crippen LogP contribution is 2.29. The summed E-state index contributed by atoms with van der Waals surface area (Å²) in [5, 5.41) is 3.38. The van der Waals surface area contributed by atoms with Gasteiger partial charge in [0.25, 0.3) is 0 Å². The van der Waals surface area contributed by atoms with E-state index in [4.69, 9.17) is 27.9 Å². The fourth-order valence-corrected chi connectivity index (χ4v) is 3.33. The molecule has 21 heavy (non-hydrogen) atoms. The first-order valence-corrected chi connectivity index (χ1v) is 8.11. The number of carbonyl (C=O) groups excluding carboxylic acids is 1. The van der Waals surface area contributed by atoms with Crippen molar-refractivity contribution in [3.8, 4) is 0 Å². The van der Waals surface area contributed by atoms with Gasteiger partial charge >= 0.3 is 5.97 Å². The molecule has 2 rings (SSSR count). The Balaban J connectivity index is 1.97. The van der Waals surface area contributed by atoms with E-state index in [0.717, 1.165) is 31.5 Å². The van der Waals surface area contributed by atoms with Crippen LogP contribution in [-0.2, 0) is 16.0 Å². The van der Waals surface area contributed by atoms with Crippen molar-refractivity contribution in [3.05, 3.63) is 33.8 Å². The summed E-state index contributed by atoms with van der Waals surface area (Å²) in [6.45, 7) is 6.22. The fourth-order valence-electron chi connectivity index (χ4n) is 2.86. The van der Waals surface area contributed by atoms with Gasteiger partial charge in [0.1, 0.15) is 5.60 Å². The molecule has 116 valence electrons. The molecule has 0 radical (unpaired) electrons. The molecule has 1 fully saturated rings. The zero-order chi connectivity index (χ0) is 15.5. The van der Waals surface area contributed by atoms with E-state index in [2.05, 4.69) is 5.32 Å². The largest absolute Gasteiger partial charge is 0.459 e. The van der Waals surface area contributed by atoms with Crippen LogP contribution in [-0.4, -0.2) is 24.7 Å². The Bertz CT molecular complexity index is 511. The molecule has 0 atom stereocenters. The van der Waals surface area contributed by atoms with Crippen LogP contribution in [0.15, 0.2) is 18.2 Å². The molecular formula is C16H22Cl2NO2+. The summed E-state index contributed by atoms with van der Waals surface area (Å²) in [5.41, 5.74) is 0.323. The number of halogens is 2. The third-order valence-corrected chi connectivity index (χ3v) is 4.74. The Labute approximate surface area is 136 Å². The lowest BCUT2D eigenvalue weighted by Crippen LogP contribution is -2.86. The van der Waals surface area contributed by atoms with Crippen LogP contribution in [0, 0.1) is 5.92 Å². The number of ether oxygens (including phenoxy) is 1. The van der Waals surface area contributed by atoms with Gasteiger partial charge in [0.05, 0.1) is 19.5 Å². The lowest BCUT2D eigenvalue weighted by molar-refractivity contribution is -0.665. The topological polar surface area (TPSA) is 42.9 Å². The van der Waals surface area contributed by atoms with Crippen molar-refractivity contribution in [1.29, 1.82) is 0 Å². The van der Waals surface area contributed by atoms with Gasteiger partial charge in [-0.05, 0) is 31.5 Å². The summed E-state index contributed by atoms with van der Waals surface area (Å²) in [7, 11) is 0. The monoisotopic (exact) mass is 330 g/mol. The normalized spacial score (nSPS) is 16.8. The molecule has 0 unspecified atom stereocenters. The number of hydrogen-bond donors (Lipinski definition) is 1. The zero-order valence-electron chi connectivity index (χ0n) is 12.5. The van der Waals surface area contributed by atoms with Crippen LogP contribution < -0.4 is 5.32 Å². The van der Waals surface area contributed by atoms with Gasteiger partial charge in [-0.1, -0.05) is 29.3 Å². The maximum atomic E-state index is 12.2. The quantitative estimate of drug-likeness (QED) is 0.862. The lowest BCUT2D eigenvalue weighted by atomic mass is 9.83. The number of nitrogens with two attached hydrogens (primary N) is 1.